The Balaban J connectivity index is 1.72. The molecule has 1 unspecified atom stereocenters. The Morgan fingerprint density at radius 1 is 1.31 bits per heavy atom. The monoisotopic (exact) mass is 355 g/mol. The molecule has 3 N–H and O–H groups in total. The molecule has 1 amide bonds. The lowest BCUT2D eigenvalue weighted by molar-refractivity contribution is -0.228. The molecule has 2 fully saturated rings. The highest BCUT2D eigenvalue weighted by Crippen LogP contribution is 2.34. The van der Waals surface area contributed by atoms with Gasteiger partial charge in [0.15, 0.2) is 0 Å². The number of morpholine rings is 1. The van der Waals surface area contributed by atoms with E-state index in [0.29, 0.717) is 37.6 Å². The second-order valence-electron chi connectivity index (χ2n) is 6.82. The van der Waals surface area contributed by atoms with Crippen molar-refractivity contribution in [2.75, 3.05) is 31.3 Å². The molecular formula is C19H21N3O4. The normalized spacial score (nSPS) is 21.4. The summed E-state index contributed by atoms with van der Waals surface area (Å²) in [6.45, 7) is 4.33. The molecule has 136 valence electrons. The summed E-state index contributed by atoms with van der Waals surface area (Å²) < 4.78 is 11.3. The Labute approximate surface area is 150 Å². The number of aromatic nitrogens is 1. The van der Waals surface area contributed by atoms with Crippen LogP contribution >= 0.6 is 0 Å². The van der Waals surface area contributed by atoms with Gasteiger partial charge in [0.1, 0.15) is 11.3 Å². The number of nitrogens with one attached hydrogen (secondary N) is 1. The van der Waals surface area contributed by atoms with Gasteiger partial charge < -0.3 is 25.1 Å². The van der Waals surface area contributed by atoms with E-state index in [4.69, 9.17) is 15.2 Å². The number of carbonyl (C=O) groups excluding carboxylic acids is 1. The van der Waals surface area contributed by atoms with E-state index in [1.165, 1.54) is 0 Å². The van der Waals surface area contributed by atoms with Crippen molar-refractivity contribution in [1.29, 1.82) is 0 Å². The molecule has 1 aromatic heterocycles. The molecule has 1 atom stereocenters. The van der Waals surface area contributed by atoms with Crippen LogP contribution in [-0.2, 0) is 9.47 Å². The average Bonchev–Trinajstić information content (AvgIpc) is 2.61. The maximum Gasteiger partial charge on any atom is 0.271 e. The highest BCUT2D eigenvalue weighted by molar-refractivity contribution is 5.94. The molecule has 1 aromatic carbocycles. The van der Waals surface area contributed by atoms with Gasteiger partial charge in [0.25, 0.3) is 5.56 Å². The summed E-state index contributed by atoms with van der Waals surface area (Å²) in [5.41, 5.74) is 7.54. The molecule has 0 bridgehead atoms. The molecule has 0 aliphatic carbocycles. The van der Waals surface area contributed by atoms with Crippen molar-refractivity contribution in [1.82, 2.24) is 4.98 Å². The van der Waals surface area contributed by atoms with E-state index in [1.807, 2.05) is 12.1 Å². The lowest BCUT2D eigenvalue weighted by atomic mass is 9.90. The molecule has 2 aliphatic rings. The Morgan fingerprint density at radius 3 is 2.81 bits per heavy atom. The smallest absolute Gasteiger partial charge is 0.271 e. The summed E-state index contributed by atoms with van der Waals surface area (Å²) >= 11 is 0. The van der Waals surface area contributed by atoms with E-state index in [9.17, 15) is 9.59 Å². The number of hydrogen-bond acceptors (Lipinski definition) is 5. The standard InChI is InChI=1S/C19H21N3O4/c1-12-19(10-25-11-19)26-6-5-22(12)16-8-15(9-21-18(16)24)13-3-2-4-14(7-13)17(20)23/h2-4,7-9,12H,5-6,10-11H2,1H3,(H2,20,23)(H,21,24). The van der Waals surface area contributed by atoms with Crippen molar-refractivity contribution in [3.8, 4) is 11.1 Å². The Kier molecular flexibility index (Phi) is 4.05. The molecule has 26 heavy (non-hydrogen) atoms. The summed E-state index contributed by atoms with van der Waals surface area (Å²) in [5.74, 6) is -0.481. The summed E-state index contributed by atoms with van der Waals surface area (Å²) in [7, 11) is 0. The molecular weight excluding hydrogens is 334 g/mol. The van der Waals surface area contributed by atoms with Gasteiger partial charge in [-0.3, -0.25) is 9.59 Å². The van der Waals surface area contributed by atoms with Crippen LogP contribution < -0.4 is 16.2 Å². The number of nitrogens with zero attached hydrogens (tertiary/aromatic N) is 1. The van der Waals surface area contributed by atoms with Gasteiger partial charge in [-0.2, -0.15) is 0 Å². The first kappa shape index (κ1) is 16.8. The highest BCUT2D eigenvalue weighted by atomic mass is 16.6. The zero-order chi connectivity index (χ0) is 18.3. The number of carbonyl (C=O) groups is 1. The molecule has 0 saturated carbocycles. The van der Waals surface area contributed by atoms with Gasteiger partial charge in [0, 0.05) is 23.9 Å². The first-order valence-electron chi connectivity index (χ1n) is 8.61. The number of hydrogen-bond donors (Lipinski definition) is 2. The zero-order valence-electron chi connectivity index (χ0n) is 14.5. The third-order valence-electron chi connectivity index (χ3n) is 5.32. The van der Waals surface area contributed by atoms with Crippen LogP contribution in [0.25, 0.3) is 11.1 Å². The van der Waals surface area contributed by atoms with Crippen LogP contribution in [-0.4, -0.2) is 48.9 Å². The predicted octanol–water partition coefficient (Wildman–Crippen LogP) is 1.13. The first-order valence-corrected chi connectivity index (χ1v) is 8.61. The third kappa shape index (κ3) is 2.69. The Bertz CT molecular complexity index is 904. The minimum atomic E-state index is -0.481. The molecule has 0 radical (unpaired) electrons. The van der Waals surface area contributed by atoms with Crippen LogP contribution in [0.1, 0.15) is 17.3 Å². The van der Waals surface area contributed by atoms with Crippen molar-refractivity contribution >= 4 is 11.6 Å². The van der Waals surface area contributed by atoms with Gasteiger partial charge in [-0.15, -0.1) is 0 Å². The van der Waals surface area contributed by atoms with Crippen molar-refractivity contribution in [3.63, 3.8) is 0 Å². The van der Waals surface area contributed by atoms with Gasteiger partial charge in [-0.05, 0) is 30.7 Å². The maximum atomic E-state index is 12.5. The molecule has 2 aromatic rings. The number of nitrogens with two attached hydrogens (primary N) is 1. The average molecular weight is 355 g/mol. The Morgan fingerprint density at radius 2 is 2.12 bits per heavy atom. The van der Waals surface area contributed by atoms with Gasteiger partial charge in [-0.25, -0.2) is 0 Å². The molecule has 7 heteroatoms. The molecule has 4 rings (SSSR count). The maximum absolute atomic E-state index is 12.5. The number of ether oxygens (including phenoxy) is 2. The number of rotatable bonds is 3. The fourth-order valence-electron chi connectivity index (χ4n) is 3.61. The quantitative estimate of drug-likeness (QED) is 0.860. The first-order chi connectivity index (χ1) is 12.5. The van der Waals surface area contributed by atoms with Crippen molar-refractivity contribution < 1.29 is 14.3 Å². The predicted molar refractivity (Wildman–Crippen MR) is 97.3 cm³/mol. The summed E-state index contributed by atoms with van der Waals surface area (Å²) in [6.07, 6.45) is 1.65. The number of anilines is 1. The number of pyridine rings is 1. The van der Waals surface area contributed by atoms with Crippen molar-refractivity contribution in [2.24, 2.45) is 5.73 Å². The number of primary amides is 1. The topological polar surface area (TPSA) is 97.7 Å². The third-order valence-corrected chi connectivity index (χ3v) is 5.32. The molecule has 2 saturated heterocycles. The number of aromatic amines is 1. The van der Waals surface area contributed by atoms with Gasteiger partial charge in [0.05, 0.1) is 25.9 Å². The van der Waals surface area contributed by atoms with Crippen molar-refractivity contribution in [2.45, 2.75) is 18.6 Å². The van der Waals surface area contributed by atoms with E-state index in [-0.39, 0.29) is 17.2 Å². The van der Waals surface area contributed by atoms with Crippen LogP contribution in [0.2, 0.25) is 0 Å². The van der Waals surface area contributed by atoms with Gasteiger partial charge in [-0.1, -0.05) is 12.1 Å². The Hall–Kier alpha value is -2.64. The largest absolute Gasteiger partial charge is 0.375 e. The second-order valence-corrected chi connectivity index (χ2v) is 6.82. The lowest BCUT2D eigenvalue weighted by Crippen LogP contribution is -2.68. The van der Waals surface area contributed by atoms with Gasteiger partial charge >= 0.3 is 0 Å². The number of H-pyrrole nitrogens is 1. The number of benzene rings is 1. The van der Waals surface area contributed by atoms with Crippen LogP contribution in [0, 0.1) is 0 Å². The highest BCUT2D eigenvalue weighted by Gasteiger charge is 2.50. The fraction of sp³-hybridized carbons (Fsp3) is 0.368. The van der Waals surface area contributed by atoms with E-state index in [2.05, 4.69) is 16.8 Å². The van der Waals surface area contributed by atoms with Crippen LogP contribution in [0.15, 0.2) is 41.3 Å². The molecule has 1 spiro atoms. The fourth-order valence-corrected chi connectivity index (χ4v) is 3.61. The summed E-state index contributed by atoms with van der Waals surface area (Å²) in [4.78, 5) is 28.8. The lowest BCUT2D eigenvalue weighted by Gasteiger charge is -2.53. The van der Waals surface area contributed by atoms with Crippen LogP contribution in [0.4, 0.5) is 5.69 Å². The number of amides is 1. The van der Waals surface area contributed by atoms with Crippen LogP contribution in [0.3, 0.4) is 0 Å². The van der Waals surface area contributed by atoms with E-state index in [0.717, 1.165) is 11.1 Å². The molecule has 3 heterocycles. The molecule has 7 nitrogen and oxygen atoms in total. The second kappa shape index (κ2) is 6.26. The summed E-state index contributed by atoms with van der Waals surface area (Å²) in [5, 5.41) is 0. The minimum Gasteiger partial charge on any atom is -0.375 e. The van der Waals surface area contributed by atoms with E-state index < -0.39 is 5.91 Å². The zero-order valence-corrected chi connectivity index (χ0v) is 14.5. The minimum absolute atomic E-state index is 0.0262. The SMILES string of the molecule is CC1N(c2cc(-c3cccc(C(N)=O)c3)c[nH]c2=O)CCOC12COC2. The van der Waals surface area contributed by atoms with Gasteiger partial charge in [0.2, 0.25) is 5.91 Å². The van der Waals surface area contributed by atoms with Crippen molar-refractivity contribution in [3.05, 3.63) is 52.4 Å². The van der Waals surface area contributed by atoms with E-state index >= 15 is 0 Å². The van der Waals surface area contributed by atoms with Crippen LogP contribution in [0.5, 0.6) is 0 Å². The molecule has 2 aliphatic heterocycles. The van der Waals surface area contributed by atoms with E-state index in [1.54, 1.807) is 24.4 Å². The summed E-state index contributed by atoms with van der Waals surface area (Å²) in [6, 6.07) is 8.94.